The zero-order valence-corrected chi connectivity index (χ0v) is 18.9. The summed E-state index contributed by atoms with van der Waals surface area (Å²) in [6.45, 7) is 1.07. The molecule has 2 heterocycles. The predicted octanol–water partition coefficient (Wildman–Crippen LogP) is 3.01. The molecule has 2 aliphatic rings. The van der Waals surface area contributed by atoms with E-state index in [-0.39, 0.29) is 18.4 Å². The average molecular weight is 440 g/mol. The lowest BCUT2D eigenvalue weighted by Gasteiger charge is -2.38. The Morgan fingerprint density at radius 1 is 1.12 bits per heavy atom. The molecule has 8 nitrogen and oxygen atoms in total. The molecule has 0 atom stereocenters. The number of carbonyl (C=O) groups excluding carboxylic acids is 2. The number of carbonyl (C=O) groups is 2. The van der Waals surface area contributed by atoms with Gasteiger partial charge in [0.05, 0.1) is 12.5 Å². The van der Waals surface area contributed by atoms with Crippen LogP contribution in [0, 0.1) is 0 Å². The first kappa shape index (κ1) is 22.0. The molecule has 0 saturated carbocycles. The highest BCUT2D eigenvalue weighted by Crippen LogP contribution is 2.49. The molecule has 2 aromatic carbocycles. The highest BCUT2D eigenvalue weighted by atomic mass is 16.5. The van der Waals surface area contributed by atoms with E-state index in [1.807, 2.05) is 55.4 Å². The fraction of sp³-hybridized carbons (Fsp3) is 0.417. The second-order valence-electron chi connectivity index (χ2n) is 8.39. The Morgan fingerprint density at radius 2 is 1.88 bits per heavy atom. The fourth-order valence-electron chi connectivity index (χ4n) is 4.46. The number of amides is 2. The normalized spacial score (nSPS) is 16.5. The number of methoxy groups -OCH3 is 2. The van der Waals surface area contributed by atoms with E-state index in [1.54, 1.807) is 12.0 Å². The van der Waals surface area contributed by atoms with E-state index >= 15 is 0 Å². The summed E-state index contributed by atoms with van der Waals surface area (Å²) in [5, 5.41) is 3.02. The fourth-order valence-corrected chi connectivity index (χ4v) is 4.46. The van der Waals surface area contributed by atoms with Gasteiger partial charge in [-0.2, -0.15) is 0 Å². The van der Waals surface area contributed by atoms with Crippen LogP contribution in [0.25, 0.3) is 0 Å². The molecule has 0 aromatic heterocycles. The number of piperidine rings is 1. The maximum absolute atomic E-state index is 13.1. The third-order valence-corrected chi connectivity index (χ3v) is 6.30. The van der Waals surface area contributed by atoms with Gasteiger partial charge < -0.3 is 29.3 Å². The minimum absolute atomic E-state index is 0.0415. The molecule has 2 aromatic rings. The van der Waals surface area contributed by atoms with Gasteiger partial charge in [-0.05, 0) is 36.6 Å². The second kappa shape index (κ2) is 8.70. The number of ether oxygens (including phenoxy) is 3. The van der Waals surface area contributed by atoms with Gasteiger partial charge >= 0.3 is 0 Å². The molecule has 1 N–H and O–H groups in total. The van der Waals surface area contributed by atoms with Gasteiger partial charge in [0.15, 0.2) is 11.5 Å². The Bertz CT molecular complexity index is 1030. The van der Waals surface area contributed by atoms with Crippen molar-refractivity contribution in [3.05, 3.63) is 42.0 Å². The molecule has 0 unspecified atom stereocenters. The van der Waals surface area contributed by atoms with Crippen LogP contribution in [0.4, 0.5) is 11.4 Å². The molecule has 4 rings (SSSR count). The van der Waals surface area contributed by atoms with Crippen molar-refractivity contribution >= 4 is 23.2 Å². The van der Waals surface area contributed by atoms with Crippen LogP contribution in [-0.2, 0) is 19.7 Å². The van der Waals surface area contributed by atoms with Crippen molar-refractivity contribution < 1.29 is 23.8 Å². The van der Waals surface area contributed by atoms with Gasteiger partial charge in [-0.25, -0.2) is 0 Å². The molecule has 2 amide bonds. The molecule has 0 aliphatic carbocycles. The zero-order valence-electron chi connectivity index (χ0n) is 18.9. The van der Waals surface area contributed by atoms with Crippen LogP contribution in [0.2, 0.25) is 0 Å². The molecule has 0 radical (unpaired) electrons. The summed E-state index contributed by atoms with van der Waals surface area (Å²) in [6, 6.07) is 11.5. The number of nitrogens with zero attached hydrogens (tertiary/aromatic N) is 2. The summed E-state index contributed by atoms with van der Waals surface area (Å²) in [7, 11) is 7.04. The van der Waals surface area contributed by atoms with E-state index in [0.29, 0.717) is 43.2 Å². The van der Waals surface area contributed by atoms with Gasteiger partial charge in [0.25, 0.3) is 0 Å². The number of hydrogen-bond donors (Lipinski definition) is 1. The van der Waals surface area contributed by atoms with E-state index in [9.17, 15) is 9.59 Å². The third kappa shape index (κ3) is 3.86. The lowest BCUT2D eigenvalue weighted by molar-refractivity contribution is -0.138. The van der Waals surface area contributed by atoms with E-state index in [0.717, 1.165) is 16.9 Å². The standard InChI is InChI=1S/C24H29N3O5/c1-26(2)16-6-5-7-17(12-16)32-21-14-19-18(13-20(21)31-4)24(23(29)25-19)8-10-27(11-9-24)22(28)15-30-3/h5-7,12-14H,8-11,15H2,1-4H3,(H,25,29). The second-order valence-corrected chi connectivity index (χ2v) is 8.39. The van der Waals surface area contributed by atoms with Crippen molar-refractivity contribution in [2.45, 2.75) is 18.3 Å². The topological polar surface area (TPSA) is 80.3 Å². The lowest BCUT2D eigenvalue weighted by atomic mass is 9.73. The molecule has 1 saturated heterocycles. The molecular weight excluding hydrogens is 410 g/mol. The molecule has 1 spiro atoms. The van der Waals surface area contributed by atoms with Crippen LogP contribution in [0.5, 0.6) is 17.2 Å². The number of likely N-dealkylation sites (tertiary alicyclic amines) is 1. The van der Waals surface area contributed by atoms with Crippen molar-refractivity contribution in [1.82, 2.24) is 4.90 Å². The van der Waals surface area contributed by atoms with Gasteiger partial charge in [-0.3, -0.25) is 9.59 Å². The molecule has 8 heteroatoms. The Labute approximate surface area is 188 Å². The van der Waals surface area contributed by atoms with Crippen LogP contribution >= 0.6 is 0 Å². The summed E-state index contributed by atoms with van der Waals surface area (Å²) < 4.78 is 16.7. The smallest absolute Gasteiger partial charge is 0.248 e. The van der Waals surface area contributed by atoms with Gasteiger partial charge in [-0.1, -0.05) is 6.07 Å². The third-order valence-electron chi connectivity index (χ3n) is 6.30. The highest BCUT2D eigenvalue weighted by Gasteiger charge is 2.49. The van der Waals surface area contributed by atoms with Crippen molar-refractivity contribution in [2.75, 3.05) is 58.2 Å². The van der Waals surface area contributed by atoms with E-state index in [4.69, 9.17) is 14.2 Å². The van der Waals surface area contributed by atoms with Crippen LogP contribution in [0.3, 0.4) is 0 Å². The van der Waals surface area contributed by atoms with Gasteiger partial charge in [0.2, 0.25) is 11.8 Å². The predicted molar refractivity (Wildman–Crippen MR) is 122 cm³/mol. The first-order valence-electron chi connectivity index (χ1n) is 10.6. The van der Waals surface area contributed by atoms with Crippen LogP contribution in [0.1, 0.15) is 18.4 Å². The molecule has 32 heavy (non-hydrogen) atoms. The number of benzene rings is 2. The zero-order chi connectivity index (χ0) is 22.9. The Hall–Kier alpha value is -3.26. The van der Waals surface area contributed by atoms with E-state index in [2.05, 4.69) is 5.32 Å². The van der Waals surface area contributed by atoms with Crippen LogP contribution < -0.4 is 19.7 Å². The van der Waals surface area contributed by atoms with Gasteiger partial charge in [0.1, 0.15) is 12.4 Å². The van der Waals surface area contributed by atoms with Gasteiger partial charge in [0, 0.05) is 57.8 Å². The Morgan fingerprint density at radius 3 is 2.53 bits per heavy atom. The van der Waals surface area contributed by atoms with Crippen molar-refractivity contribution in [3.8, 4) is 17.2 Å². The number of hydrogen-bond acceptors (Lipinski definition) is 6. The average Bonchev–Trinajstić information content (AvgIpc) is 3.04. The maximum Gasteiger partial charge on any atom is 0.248 e. The minimum Gasteiger partial charge on any atom is -0.493 e. The maximum atomic E-state index is 13.1. The van der Waals surface area contributed by atoms with Crippen molar-refractivity contribution in [1.29, 1.82) is 0 Å². The first-order valence-corrected chi connectivity index (χ1v) is 10.6. The summed E-state index contributed by atoms with van der Waals surface area (Å²) in [6.07, 6.45) is 1.10. The summed E-state index contributed by atoms with van der Waals surface area (Å²) >= 11 is 0. The first-order chi connectivity index (χ1) is 15.4. The summed E-state index contributed by atoms with van der Waals surface area (Å²) in [4.78, 5) is 29.0. The van der Waals surface area contributed by atoms with Crippen LogP contribution in [0.15, 0.2) is 36.4 Å². The summed E-state index contributed by atoms with van der Waals surface area (Å²) in [5.74, 6) is 1.68. The minimum atomic E-state index is -0.671. The van der Waals surface area contributed by atoms with Gasteiger partial charge in [-0.15, -0.1) is 0 Å². The van der Waals surface area contributed by atoms with E-state index in [1.165, 1.54) is 7.11 Å². The molecule has 2 aliphatic heterocycles. The largest absolute Gasteiger partial charge is 0.493 e. The SMILES string of the molecule is COCC(=O)N1CCC2(CC1)C(=O)Nc1cc(Oc3cccc(N(C)C)c3)c(OC)cc12. The van der Waals surface area contributed by atoms with Crippen LogP contribution in [-0.4, -0.2) is 64.7 Å². The number of fused-ring (bicyclic) bond motifs is 2. The Balaban J connectivity index is 1.61. The summed E-state index contributed by atoms with van der Waals surface area (Å²) in [5.41, 5.74) is 1.97. The molecular formula is C24H29N3O5. The van der Waals surface area contributed by atoms with Crippen molar-refractivity contribution in [2.24, 2.45) is 0 Å². The molecule has 170 valence electrons. The van der Waals surface area contributed by atoms with E-state index < -0.39 is 5.41 Å². The van der Waals surface area contributed by atoms with Crippen molar-refractivity contribution in [3.63, 3.8) is 0 Å². The number of nitrogens with one attached hydrogen (secondary N) is 1. The number of anilines is 2. The Kier molecular flexibility index (Phi) is 5.97. The molecule has 1 fully saturated rings. The highest BCUT2D eigenvalue weighted by molar-refractivity contribution is 6.07. The lowest BCUT2D eigenvalue weighted by Crippen LogP contribution is -2.49. The molecule has 0 bridgehead atoms. The number of rotatable bonds is 6. The quantitative estimate of drug-likeness (QED) is 0.745. The monoisotopic (exact) mass is 439 g/mol.